The van der Waals surface area contributed by atoms with Crippen LogP contribution in [-0.4, -0.2) is 39.7 Å². The molecule has 5 rings (SSSR count). The summed E-state index contributed by atoms with van der Waals surface area (Å²) in [6.07, 6.45) is 7.11. The van der Waals surface area contributed by atoms with E-state index >= 15 is 0 Å². The number of thiophene rings is 2. The molecule has 0 aliphatic carbocycles. The molecule has 1 N–H and O–H groups in total. The molecule has 0 saturated heterocycles. The zero-order valence-electron chi connectivity index (χ0n) is 15.1. The molecule has 0 saturated carbocycles. The van der Waals surface area contributed by atoms with Crippen molar-refractivity contribution in [1.29, 1.82) is 5.26 Å². The highest BCUT2D eigenvalue weighted by atomic mass is 32.1. The molecule has 0 bridgehead atoms. The minimum atomic E-state index is 0.466. The summed E-state index contributed by atoms with van der Waals surface area (Å²) in [6.45, 7) is 1.52. The molecule has 0 radical (unpaired) electrons. The molecule has 5 aromatic heterocycles. The molecule has 29 heavy (non-hydrogen) atoms. The monoisotopic (exact) mass is 421 g/mol. The van der Waals surface area contributed by atoms with Gasteiger partial charge in [-0.05, 0) is 28.1 Å². The fourth-order valence-electron chi connectivity index (χ4n) is 2.59. The van der Waals surface area contributed by atoms with E-state index in [0.717, 1.165) is 18.9 Å². The van der Waals surface area contributed by atoms with E-state index in [9.17, 15) is 0 Å². The number of imidazole rings is 2. The van der Waals surface area contributed by atoms with Gasteiger partial charge in [-0.3, -0.25) is 0 Å². The number of aromatic amines is 1. The summed E-state index contributed by atoms with van der Waals surface area (Å²) in [6, 6.07) is 10.2. The van der Waals surface area contributed by atoms with Gasteiger partial charge in [0.1, 0.15) is 6.07 Å². The van der Waals surface area contributed by atoms with Crippen LogP contribution in [0.5, 0.6) is 0 Å². The van der Waals surface area contributed by atoms with E-state index in [-0.39, 0.29) is 0 Å². The molecule has 0 aliphatic heterocycles. The lowest BCUT2D eigenvalue weighted by Gasteiger charge is -2.02. The lowest BCUT2D eigenvalue weighted by Crippen LogP contribution is -2.00. The summed E-state index contributed by atoms with van der Waals surface area (Å²) in [5, 5.41) is 26.6. The van der Waals surface area contributed by atoms with Crippen LogP contribution in [0.25, 0.3) is 11.6 Å². The third-order valence-corrected chi connectivity index (χ3v) is 5.61. The fourth-order valence-corrected chi connectivity index (χ4v) is 4.00. The highest BCUT2D eigenvalue weighted by molar-refractivity contribution is 7.10. The molecule has 0 atom stereocenters. The van der Waals surface area contributed by atoms with E-state index in [4.69, 9.17) is 5.26 Å². The Morgan fingerprint density at radius 1 is 0.966 bits per heavy atom. The number of hydrogen-bond acceptors (Lipinski definition) is 8. The summed E-state index contributed by atoms with van der Waals surface area (Å²) in [5.74, 6) is 1.71. The summed E-state index contributed by atoms with van der Waals surface area (Å²) in [7, 11) is 0. The second-order valence-electron chi connectivity index (χ2n) is 5.76. The molecule has 5 aromatic rings. The molecule has 9 nitrogen and oxygen atoms in total. The molecule has 0 spiro atoms. The average molecular weight is 422 g/mol. The maximum absolute atomic E-state index is 8.71. The fraction of sp³-hybridized carbons (Fsp3) is 0.111. The van der Waals surface area contributed by atoms with Crippen molar-refractivity contribution < 1.29 is 0 Å². The van der Waals surface area contributed by atoms with Crippen molar-refractivity contribution >= 4 is 22.7 Å². The number of tetrazole rings is 1. The van der Waals surface area contributed by atoms with Crippen LogP contribution in [0.2, 0.25) is 0 Å². The topological polar surface area (TPSA) is 114 Å². The molecular weight excluding hydrogens is 406 g/mol. The van der Waals surface area contributed by atoms with Crippen LogP contribution in [0.1, 0.15) is 15.6 Å². The van der Waals surface area contributed by atoms with Gasteiger partial charge >= 0.3 is 0 Å². The van der Waals surface area contributed by atoms with Crippen molar-refractivity contribution in [3.8, 4) is 17.7 Å². The first-order chi connectivity index (χ1) is 14.3. The third-order valence-electron chi connectivity index (χ3n) is 3.89. The Balaban J connectivity index is 0.000000145. The van der Waals surface area contributed by atoms with Crippen LogP contribution >= 0.6 is 22.7 Å². The van der Waals surface area contributed by atoms with Crippen LogP contribution < -0.4 is 0 Å². The Hall–Kier alpha value is -3.62. The first-order valence-electron chi connectivity index (χ1n) is 8.54. The van der Waals surface area contributed by atoms with Crippen molar-refractivity contribution in [2.24, 2.45) is 0 Å². The largest absolute Gasteiger partial charge is 0.323 e. The minimum Gasteiger partial charge on any atom is -0.323 e. The van der Waals surface area contributed by atoms with Crippen molar-refractivity contribution in [1.82, 2.24) is 39.7 Å². The van der Waals surface area contributed by atoms with Crippen LogP contribution in [-0.2, 0) is 13.1 Å². The maximum atomic E-state index is 8.71. The molecule has 0 aliphatic rings. The molecule has 0 fully saturated rings. The minimum absolute atomic E-state index is 0.466. The number of nitriles is 1. The van der Waals surface area contributed by atoms with Crippen LogP contribution in [0.15, 0.2) is 59.8 Å². The quantitative estimate of drug-likeness (QED) is 0.466. The molecule has 144 valence electrons. The Kier molecular flexibility index (Phi) is 5.84. The average Bonchev–Trinajstić information content (AvgIpc) is 3.53. The second kappa shape index (κ2) is 9.05. The van der Waals surface area contributed by atoms with Crippen molar-refractivity contribution in [2.45, 2.75) is 13.1 Å². The van der Waals surface area contributed by atoms with Gasteiger partial charge in [-0.15, -0.1) is 32.9 Å². The third kappa shape index (κ3) is 4.63. The lowest BCUT2D eigenvalue weighted by molar-refractivity contribution is 0.794. The smallest absolute Gasteiger partial charge is 0.240 e. The van der Waals surface area contributed by atoms with Crippen LogP contribution in [0.4, 0.5) is 0 Å². The first-order valence-corrected chi connectivity index (χ1v) is 10.3. The zero-order valence-corrected chi connectivity index (χ0v) is 16.7. The summed E-state index contributed by atoms with van der Waals surface area (Å²) in [5.41, 5.74) is 0. The van der Waals surface area contributed by atoms with Crippen LogP contribution in [0.3, 0.4) is 0 Å². The number of hydrogen-bond donors (Lipinski definition) is 1. The highest BCUT2D eigenvalue weighted by Crippen LogP contribution is 2.16. The Labute approximate surface area is 173 Å². The van der Waals surface area contributed by atoms with Gasteiger partial charge in [0, 0.05) is 34.5 Å². The van der Waals surface area contributed by atoms with E-state index in [1.165, 1.54) is 9.75 Å². The summed E-state index contributed by atoms with van der Waals surface area (Å²) in [4.78, 5) is 10.6. The number of nitrogens with zero attached hydrogens (tertiary/aromatic N) is 8. The Bertz CT molecular complexity index is 1160. The molecule has 0 amide bonds. The molecule has 0 unspecified atom stereocenters. The lowest BCUT2D eigenvalue weighted by atomic mass is 10.4. The van der Waals surface area contributed by atoms with E-state index < -0.39 is 0 Å². The molecule has 11 heteroatoms. The number of rotatable bonds is 5. The number of H-pyrrole nitrogens is 1. The van der Waals surface area contributed by atoms with E-state index in [2.05, 4.69) is 42.0 Å². The Morgan fingerprint density at radius 3 is 2.28 bits per heavy atom. The van der Waals surface area contributed by atoms with Gasteiger partial charge in [0.05, 0.1) is 13.1 Å². The van der Waals surface area contributed by atoms with Crippen LogP contribution in [0, 0.1) is 11.3 Å². The normalized spacial score (nSPS) is 10.3. The second-order valence-corrected chi connectivity index (χ2v) is 7.83. The van der Waals surface area contributed by atoms with E-state index in [1.54, 1.807) is 35.1 Å². The van der Waals surface area contributed by atoms with Crippen molar-refractivity contribution in [2.75, 3.05) is 0 Å². The van der Waals surface area contributed by atoms with Gasteiger partial charge in [0.2, 0.25) is 11.6 Å². The van der Waals surface area contributed by atoms with Gasteiger partial charge in [-0.25, -0.2) is 9.97 Å². The van der Waals surface area contributed by atoms with Crippen molar-refractivity contribution in [3.63, 3.8) is 0 Å². The van der Waals surface area contributed by atoms with E-state index in [1.807, 2.05) is 51.2 Å². The number of nitrogens with one attached hydrogen (secondary N) is 1. The summed E-state index contributed by atoms with van der Waals surface area (Å²) >= 11 is 3.40. The van der Waals surface area contributed by atoms with Crippen molar-refractivity contribution in [3.05, 3.63) is 75.4 Å². The molecule has 5 heterocycles. The molecular formula is C18H15N9S2. The van der Waals surface area contributed by atoms with Gasteiger partial charge in [-0.2, -0.15) is 10.5 Å². The molecule has 0 aromatic carbocycles. The summed E-state index contributed by atoms with van der Waals surface area (Å²) < 4.78 is 3.84. The van der Waals surface area contributed by atoms with Gasteiger partial charge in [-0.1, -0.05) is 12.1 Å². The Morgan fingerprint density at radius 2 is 1.66 bits per heavy atom. The van der Waals surface area contributed by atoms with Gasteiger partial charge in [0.25, 0.3) is 0 Å². The maximum Gasteiger partial charge on any atom is 0.240 e. The van der Waals surface area contributed by atoms with Gasteiger partial charge < -0.3 is 9.13 Å². The van der Waals surface area contributed by atoms with E-state index in [0.29, 0.717) is 11.6 Å². The first kappa shape index (κ1) is 18.7. The standard InChI is InChI=1S/C9H8N6S.C9H7N3S/c1-2-7(16-5-1)6-15-4-3-10-9(15)8-11-13-14-12-8;10-6-9-11-3-4-12(9)7-8-2-1-5-13-8/h1-5H,6H2,(H,11,12,13,14);1-5H,7H2. The number of aromatic nitrogens is 8. The SMILES string of the molecule is N#Cc1nccn1Cc1cccs1.c1csc(Cn2ccnc2-c2nn[nH]n2)c1. The predicted molar refractivity (Wildman–Crippen MR) is 109 cm³/mol. The van der Waals surface area contributed by atoms with Gasteiger partial charge in [0.15, 0.2) is 5.82 Å². The zero-order chi connectivity index (χ0) is 19.9. The predicted octanol–water partition coefficient (Wildman–Crippen LogP) is 3.04. The highest BCUT2D eigenvalue weighted by Gasteiger charge is 2.10.